The Kier molecular flexibility index (Phi) is 4.33. The summed E-state index contributed by atoms with van der Waals surface area (Å²) < 4.78 is 0. The lowest BCUT2D eigenvalue weighted by Gasteiger charge is -2.26. The van der Waals surface area contributed by atoms with E-state index in [4.69, 9.17) is 4.99 Å². The van der Waals surface area contributed by atoms with Crippen molar-refractivity contribution < 1.29 is 0 Å². The first-order valence-corrected chi connectivity index (χ1v) is 9.27. The van der Waals surface area contributed by atoms with E-state index in [1.807, 2.05) is 11.8 Å². The van der Waals surface area contributed by atoms with Gasteiger partial charge >= 0.3 is 0 Å². The molecule has 4 rings (SSSR count). The van der Waals surface area contributed by atoms with Crippen molar-refractivity contribution >= 4 is 28.8 Å². The Balaban J connectivity index is 1.85. The van der Waals surface area contributed by atoms with Gasteiger partial charge in [0.05, 0.1) is 16.6 Å². The van der Waals surface area contributed by atoms with E-state index < -0.39 is 0 Å². The third kappa shape index (κ3) is 3.20. The van der Waals surface area contributed by atoms with Crippen LogP contribution in [0.15, 0.2) is 88.8 Å². The summed E-state index contributed by atoms with van der Waals surface area (Å²) in [5.41, 5.74) is 5.86. The summed E-state index contributed by atoms with van der Waals surface area (Å²) in [4.78, 5) is 8.42. The lowest BCUT2D eigenvalue weighted by molar-refractivity contribution is 1.12. The highest BCUT2D eigenvalue weighted by Crippen LogP contribution is 2.47. The molecule has 124 valence electrons. The van der Waals surface area contributed by atoms with E-state index >= 15 is 0 Å². The molecule has 0 amide bonds. The first-order chi connectivity index (χ1) is 12.2. The number of rotatable bonds is 3. The molecule has 0 fully saturated rings. The zero-order valence-corrected chi connectivity index (χ0v) is 15.2. The molecule has 3 aromatic carbocycles. The van der Waals surface area contributed by atoms with Gasteiger partial charge in [0.1, 0.15) is 0 Å². The van der Waals surface area contributed by atoms with Gasteiger partial charge in [-0.15, -0.1) is 11.8 Å². The number of benzene rings is 3. The van der Waals surface area contributed by atoms with Crippen molar-refractivity contribution in [2.24, 2.45) is 4.99 Å². The van der Waals surface area contributed by atoms with E-state index in [9.17, 15) is 0 Å². The topological polar surface area (TPSA) is 15.6 Å². The van der Waals surface area contributed by atoms with Gasteiger partial charge < -0.3 is 4.90 Å². The van der Waals surface area contributed by atoms with Crippen molar-refractivity contribution in [2.45, 2.75) is 10.1 Å². The average Bonchev–Trinajstić information content (AvgIpc) is 2.68. The molecule has 0 saturated carbocycles. The van der Waals surface area contributed by atoms with Gasteiger partial charge in [-0.3, -0.25) is 4.99 Å². The summed E-state index contributed by atoms with van der Waals surface area (Å²) in [5.74, 6) is 0. The van der Waals surface area contributed by atoms with Gasteiger partial charge in [0.25, 0.3) is 0 Å². The third-order valence-corrected chi connectivity index (χ3v) is 5.68. The van der Waals surface area contributed by atoms with Crippen LogP contribution in [0.25, 0.3) is 0 Å². The number of anilines is 1. The van der Waals surface area contributed by atoms with Crippen molar-refractivity contribution in [3.05, 3.63) is 90.0 Å². The highest BCUT2D eigenvalue weighted by molar-refractivity contribution is 8.00. The Hall–Kier alpha value is -2.52. The van der Waals surface area contributed by atoms with Crippen LogP contribution in [0.1, 0.15) is 16.4 Å². The van der Waals surface area contributed by atoms with Crippen LogP contribution in [0.5, 0.6) is 0 Å². The number of nitrogens with zero attached hydrogens (tertiary/aromatic N) is 2. The first kappa shape index (κ1) is 16.0. The molecular weight excluding hydrogens is 324 g/mol. The smallest absolute Gasteiger partial charge is 0.0773 e. The fourth-order valence-electron chi connectivity index (χ4n) is 3.02. The summed E-state index contributed by atoms with van der Waals surface area (Å²) in [5, 5.41) is 0.202. The van der Waals surface area contributed by atoms with Gasteiger partial charge in [-0.05, 0) is 29.3 Å². The summed E-state index contributed by atoms with van der Waals surface area (Å²) >= 11 is 1.89. The highest BCUT2D eigenvalue weighted by atomic mass is 32.2. The Morgan fingerprint density at radius 3 is 2.20 bits per heavy atom. The van der Waals surface area contributed by atoms with Gasteiger partial charge in [-0.25, -0.2) is 0 Å². The van der Waals surface area contributed by atoms with Crippen molar-refractivity contribution in [1.29, 1.82) is 0 Å². The average molecular weight is 344 g/mol. The van der Waals surface area contributed by atoms with E-state index in [-0.39, 0.29) is 5.25 Å². The van der Waals surface area contributed by atoms with Crippen LogP contribution in [0, 0.1) is 0 Å². The fourth-order valence-corrected chi connectivity index (χ4v) is 4.29. The summed E-state index contributed by atoms with van der Waals surface area (Å²) in [6.45, 7) is 0. The molecule has 3 heteroatoms. The molecule has 2 nitrogen and oxygen atoms in total. The van der Waals surface area contributed by atoms with Crippen LogP contribution in [-0.4, -0.2) is 19.8 Å². The van der Waals surface area contributed by atoms with E-state index in [1.165, 1.54) is 21.7 Å². The quantitative estimate of drug-likeness (QED) is 0.604. The summed E-state index contributed by atoms with van der Waals surface area (Å²) in [7, 11) is 4.14. The van der Waals surface area contributed by atoms with Crippen molar-refractivity contribution in [3.63, 3.8) is 0 Å². The van der Waals surface area contributed by atoms with Gasteiger partial charge in [0.15, 0.2) is 0 Å². The normalized spacial score (nSPS) is 16.1. The van der Waals surface area contributed by atoms with E-state index in [0.717, 1.165) is 11.4 Å². The molecule has 0 aromatic heterocycles. The molecule has 25 heavy (non-hydrogen) atoms. The van der Waals surface area contributed by atoms with Gasteiger partial charge in [-0.2, -0.15) is 0 Å². The van der Waals surface area contributed by atoms with Gasteiger partial charge in [0.2, 0.25) is 0 Å². The van der Waals surface area contributed by atoms with E-state index in [1.54, 1.807) is 0 Å². The molecule has 0 N–H and O–H groups in total. The third-order valence-electron chi connectivity index (χ3n) is 4.37. The monoisotopic (exact) mass is 344 g/mol. The molecule has 1 aliphatic rings. The highest BCUT2D eigenvalue weighted by Gasteiger charge is 2.26. The van der Waals surface area contributed by atoms with Crippen molar-refractivity contribution in [3.8, 4) is 0 Å². The molecule has 0 saturated heterocycles. The lowest BCUT2D eigenvalue weighted by Crippen LogP contribution is -2.14. The van der Waals surface area contributed by atoms with Crippen molar-refractivity contribution in [2.75, 3.05) is 19.0 Å². The van der Waals surface area contributed by atoms with Crippen LogP contribution < -0.4 is 4.90 Å². The molecule has 0 radical (unpaired) electrons. The van der Waals surface area contributed by atoms with Gasteiger partial charge in [-0.1, -0.05) is 60.7 Å². The van der Waals surface area contributed by atoms with Crippen LogP contribution in [0.2, 0.25) is 0 Å². The predicted octanol–water partition coefficient (Wildman–Crippen LogP) is 5.72. The molecule has 0 spiro atoms. The molecule has 0 aliphatic carbocycles. The standard InChI is InChI=1S/C22H20N2S/c1-24(2)18-13-14-19-20(15-18)25-22(17-11-7-4-8-12-17)21(23-19)16-9-5-3-6-10-16/h3-15,22H,1-2H3. The molecule has 1 heterocycles. The molecule has 1 aliphatic heterocycles. The number of thioether (sulfide) groups is 1. The van der Waals surface area contributed by atoms with Crippen LogP contribution in [-0.2, 0) is 0 Å². The second-order valence-corrected chi connectivity index (χ2v) is 7.47. The SMILES string of the molecule is CN(C)c1ccc2c(c1)SC(c1ccccc1)C(c1ccccc1)=N2. The molecule has 1 unspecified atom stereocenters. The zero-order chi connectivity index (χ0) is 17.2. The summed E-state index contributed by atoms with van der Waals surface area (Å²) in [6, 6.07) is 27.6. The van der Waals surface area contributed by atoms with E-state index in [2.05, 4.69) is 97.9 Å². The minimum atomic E-state index is 0.202. The van der Waals surface area contributed by atoms with E-state index in [0.29, 0.717) is 0 Å². The largest absolute Gasteiger partial charge is 0.378 e. The minimum absolute atomic E-state index is 0.202. The second-order valence-electron chi connectivity index (χ2n) is 6.32. The molecule has 3 aromatic rings. The maximum atomic E-state index is 5.05. The van der Waals surface area contributed by atoms with Gasteiger partial charge in [0, 0.05) is 24.7 Å². The fraction of sp³-hybridized carbons (Fsp3) is 0.136. The Morgan fingerprint density at radius 1 is 0.840 bits per heavy atom. The predicted molar refractivity (Wildman–Crippen MR) is 108 cm³/mol. The Labute approximate surface area is 153 Å². The zero-order valence-electron chi connectivity index (χ0n) is 14.4. The second kappa shape index (κ2) is 6.77. The lowest BCUT2D eigenvalue weighted by atomic mass is 10.0. The van der Waals surface area contributed by atoms with Crippen molar-refractivity contribution in [1.82, 2.24) is 0 Å². The molecular formula is C22H20N2S. The van der Waals surface area contributed by atoms with Crippen LogP contribution in [0.3, 0.4) is 0 Å². The maximum Gasteiger partial charge on any atom is 0.0773 e. The number of fused-ring (bicyclic) bond motifs is 1. The number of aliphatic imine (C=N–C) groups is 1. The Bertz CT molecular complexity index is 902. The minimum Gasteiger partial charge on any atom is -0.378 e. The Morgan fingerprint density at radius 2 is 1.52 bits per heavy atom. The number of hydrogen-bond donors (Lipinski definition) is 0. The van der Waals surface area contributed by atoms with Crippen LogP contribution in [0.4, 0.5) is 11.4 Å². The maximum absolute atomic E-state index is 5.05. The number of hydrogen-bond acceptors (Lipinski definition) is 3. The van der Waals surface area contributed by atoms with Crippen LogP contribution >= 0.6 is 11.8 Å². The molecule has 0 bridgehead atoms. The summed E-state index contributed by atoms with van der Waals surface area (Å²) in [6.07, 6.45) is 0. The first-order valence-electron chi connectivity index (χ1n) is 8.39. The molecule has 1 atom stereocenters.